The second kappa shape index (κ2) is 16.4. The molecule has 2 fully saturated rings. The van der Waals surface area contributed by atoms with E-state index in [0.717, 1.165) is 57.4 Å². The van der Waals surface area contributed by atoms with Gasteiger partial charge in [-0.2, -0.15) is 0 Å². The van der Waals surface area contributed by atoms with Crippen molar-refractivity contribution in [1.29, 1.82) is 0 Å². The van der Waals surface area contributed by atoms with E-state index >= 15 is 0 Å². The van der Waals surface area contributed by atoms with E-state index in [1.54, 1.807) is 31.3 Å². The van der Waals surface area contributed by atoms with Crippen molar-refractivity contribution in [2.24, 2.45) is 5.92 Å². The van der Waals surface area contributed by atoms with E-state index < -0.39 is 10.0 Å². The Bertz CT molecular complexity index is 1250. The van der Waals surface area contributed by atoms with E-state index in [4.69, 9.17) is 4.74 Å². The highest BCUT2D eigenvalue weighted by atomic mass is 32.2. The normalized spacial score (nSPS) is 16.0. The Kier molecular flexibility index (Phi) is 12.4. The fraction of sp³-hybridized carbons (Fsp3) is 0.441. The second-order valence-electron chi connectivity index (χ2n) is 11.2. The van der Waals surface area contributed by atoms with E-state index in [-0.39, 0.29) is 12.1 Å². The second-order valence-corrected chi connectivity index (χ2v) is 13.3. The third-order valence-electron chi connectivity index (χ3n) is 7.90. The summed E-state index contributed by atoms with van der Waals surface area (Å²) in [6.45, 7) is 4.49. The average molecular weight is 592 g/mol. The number of ether oxygens (including phenoxy) is 1. The fourth-order valence-electron chi connectivity index (χ4n) is 5.16. The summed E-state index contributed by atoms with van der Waals surface area (Å²) >= 11 is 0. The van der Waals surface area contributed by atoms with Crippen molar-refractivity contribution >= 4 is 16.1 Å². The van der Waals surface area contributed by atoms with Crippen molar-refractivity contribution in [3.63, 3.8) is 0 Å². The Balaban J connectivity index is 0.000000600. The molecule has 8 heteroatoms. The summed E-state index contributed by atoms with van der Waals surface area (Å²) in [5.41, 5.74) is 1.01. The average Bonchev–Trinajstić information content (AvgIpc) is 3.87. The van der Waals surface area contributed by atoms with Crippen LogP contribution < -0.4 is 0 Å². The van der Waals surface area contributed by atoms with Crippen LogP contribution in [-0.2, 0) is 21.4 Å². The van der Waals surface area contributed by atoms with Gasteiger partial charge in [0.25, 0.3) is 0 Å². The number of carbonyl (C=O) groups is 1. The van der Waals surface area contributed by atoms with Crippen LogP contribution in [0.3, 0.4) is 0 Å². The lowest BCUT2D eigenvalue weighted by molar-refractivity contribution is 0.0582. The van der Waals surface area contributed by atoms with Gasteiger partial charge in [-0.25, -0.2) is 17.5 Å². The molecule has 226 valence electrons. The molecule has 5 rings (SSSR count). The van der Waals surface area contributed by atoms with Crippen molar-refractivity contribution in [3.05, 3.63) is 103 Å². The molecule has 0 aromatic heterocycles. The maximum absolute atomic E-state index is 13.0. The molecular formula is C34H45N3O4S. The minimum atomic E-state index is -3.43. The van der Waals surface area contributed by atoms with Gasteiger partial charge in [-0.3, -0.25) is 0 Å². The number of sulfonamides is 1. The van der Waals surface area contributed by atoms with Crippen molar-refractivity contribution in [2.75, 3.05) is 39.8 Å². The first-order valence-electron chi connectivity index (χ1n) is 15.1. The van der Waals surface area contributed by atoms with Gasteiger partial charge in [0, 0.05) is 39.3 Å². The largest absolute Gasteiger partial charge is 0.445 e. The lowest BCUT2D eigenvalue weighted by Gasteiger charge is -2.38. The number of carbonyl (C=O) groups excluding carboxylic acids is 1. The predicted molar refractivity (Wildman–Crippen MR) is 167 cm³/mol. The summed E-state index contributed by atoms with van der Waals surface area (Å²) in [6, 6.07) is 30.7. The number of piperidine rings is 1. The van der Waals surface area contributed by atoms with E-state index in [1.165, 1.54) is 17.1 Å². The predicted octanol–water partition coefficient (Wildman–Crippen LogP) is 6.29. The molecule has 0 N–H and O–H groups in total. The number of benzene rings is 3. The van der Waals surface area contributed by atoms with Gasteiger partial charge >= 0.3 is 6.09 Å². The lowest BCUT2D eigenvalue weighted by Crippen LogP contribution is -2.48. The Hall–Kier alpha value is -3.20. The summed E-state index contributed by atoms with van der Waals surface area (Å²) in [5, 5.41) is 0. The van der Waals surface area contributed by atoms with Crippen molar-refractivity contribution in [3.8, 4) is 0 Å². The minimum Gasteiger partial charge on any atom is -0.445 e. The molecule has 0 unspecified atom stereocenters. The van der Waals surface area contributed by atoms with Crippen LogP contribution in [0.2, 0.25) is 0 Å². The standard InChI is InChI=1S/C28H39N3O4S.C6H6/c1-29(36(33,34)27-12-6-3-7-13-27)18-8-9-19-30-20-16-26(17-21-30)31(22-24-14-15-24)28(32)35-23-25-10-4-2-5-11-25;1-2-4-6-5-3-1/h2-7,10-13,24,26H,8-9,14-23H2,1H3;1-6H. The molecule has 1 heterocycles. The molecule has 0 spiro atoms. The van der Waals surface area contributed by atoms with Crippen LogP contribution in [0.5, 0.6) is 0 Å². The molecule has 3 aromatic rings. The maximum Gasteiger partial charge on any atom is 0.410 e. The summed E-state index contributed by atoms with van der Waals surface area (Å²) in [7, 11) is -1.77. The number of hydrogen-bond donors (Lipinski definition) is 0. The van der Waals surface area contributed by atoms with Crippen LogP contribution >= 0.6 is 0 Å². The summed E-state index contributed by atoms with van der Waals surface area (Å²) < 4.78 is 32.5. The molecular weight excluding hydrogens is 546 g/mol. The van der Waals surface area contributed by atoms with Crippen LogP contribution in [0.15, 0.2) is 102 Å². The van der Waals surface area contributed by atoms with E-state index in [9.17, 15) is 13.2 Å². The molecule has 1 saturated carbocycles. The van der Waals surface area contributed by atoms with Gasteiger partial charge < -0.3 is 14.5 Å². The van der Waals surface area contributed by atoms with Crippen LogP contribution in [0.4, 0.5) is 4.79 Å². The van der Waals surface area contributed by atoms with Crippen molar-refractivity contribution in [2.45, 2.75) is 56.1 Å². The molecule has 0 radical (unpaired) electrons. The van der Waals surface area contributed by atoms with Crippen LogP contribution in [0, 0.1) is 5.92 Å². The molecule has 3 aromatic carbocycles. The molecule has 0 bridgehead atoms. The third kappa shape index (κ3) is 10.3. The van der Waals surface area contributed by atoms with E-state index in [0.29, 0.717) is 24.0 Å². The van der Waals surface area contributed by atoms with Gasteiger partial charge in [0.2, 0.25) is 10.0 Å². The zero-order valence-corrected chi connectivity index (χ0v) is 25.6. The first-order valence-corrected chi connectivity index (χ1v) is 16.6. The Morgan fingerprint density at radius 3 is 1.93 bits per heavy atom. The Labute approximate surface area is 252 Å². The molecule has 1 aliphatic carbocycles. The number of likely N-dealkylation sites (tertiary alicyclic amines) is 1. The Morgan fingerprint density at radius 2 is 1.36 bits per heavy atom. The van der Waals surface area contributed by atoms with Crippen molar-refractivity contribution < 1.29 is 17.9 Å². The highest BCUT2D eigenvalue weighted by Crippen LogP contribution is 2.32. The fourth-order valence-corrected chi connectivity index (χ4v) is 6.39. The number of nitrogens with zero attached hydrogens (tertiary/aromatic N) is 3. The maximum atomic E-state index is 13.0. The highest BCUT2D eigenvalue weighted by Gasteiger charge is 2.34. The number of hydrogen-bond acceptors (Lipinski definition) is 5. The molecule has 1 aliphatic heterocycles. The molecule has 42 heavy (non-hydrogen) atoms. The molecule has 1 saturated heterocycles. The quantitative estimate of drug-likeness (QED) is 0.232. The zero-order valence-electron chi connectivity index (χ0n) is 24.8. The van der Waals surface area contributed by atoms with Crippen LogP contribution in [0.1, 0.15) is 44.1 Å². The number of rotatable bonds is 12. The Morgan fingerprint density at radius 1 is 0.810 bits per heavy atom. The summed E-state index contributed by atoms with van der Waals surface area (Å²) in [5.74, 6) is 0.622. The lowest BCUT2D eigenvalue weighted by atomic mass is 10.0. The highest BCUT2D eigenvalue weighted by molar-refractivity contribution is 7.89. The third-order valence-corrected chi connectivity index (χ3v) is 9.78. The number of amides is 1. The monoisotopic (exact) mass is 591 g/mol. The zero-order chi connectivity index (χ0) is 29.6. The number of unbranched alkanes of at least 4 members (excludes halogenated alkanes) is 1. The minimum absolute atomic E-state index is 0.188. The van der Waals surface area contributed by atoms with Gasteiger partial charge in [-0.15, -0.1) is 0 Å². The van der Waals surface area contributed by atoms with Crippen molar-refractivity contribution in [1.82, 2.24) is 14.1 Å². The topological polar surface area (TPSA) is 70.2 Å². The first kappa shape index (κ1) is 31.7. The van der Waals surface area contributed by atoms with Gasteiger partial charge in [-0.1, -0.05) is 84.9 Å². The van der Waals surface area contributed by atoms with Crippen LogP contribution in [0.25, 0.3) is 0 Å². The summed E-state index contributed by atoms with van der Waals surface area (Å²) in [6.07, 6.45) is 5.90. The molecule has 0 atom stereocenters. The van der Waals surface area contributed by atoms with E-state index in [1.807, 2.05) is 77.7 Å². The van der Waals surface area contributed by atoms with Gasteiger partial charge in [-0.05, 0) is 68.7 Å². The van der Waals surface area contributed by atoms with Gasteiger partial charge in [0.15, 0.2) is 0 Å². The first-order chi connectivity index (χ1) is 20.4. The van der Waals surface area contributed by atoms with E-state index in [2.05, 4.69) is 4.90 Å². The smallest absolute Gasteiger partial charge is 0.410 e. The molecule has 1 amide bonds. The molecule has 7 nitrogen and oxygen atoms in total. The van der Waals surface area contributed by atoms with Gasteiger partial charge in [0.1, 0.15) is 6.61 Å². The summed E-state index contributed by atoms with van der Waals surface area (Å²) in [4.78, 5) is 17.7. The SMILES string of the molecule is CN(CCCCN1CCC(N(CC2CC2)C(=O)OCc2ccccc2)CC1)S(=O)(=O)c1ccccc1.c1ccccc1. The van der Waals surface area contributed by atoms with Gasteiger partial charge in [0.05, 0.1) is 4.90 Å². The van der Waals surface area contributed by atoms with Crippen LogP contribution in [-0.4, -0.2) is 74.4 Å². The molecule has 2 aliphatic rings.